The minimum Gasteiger partial charge on any atom is -0.312 e. The first-order chi connectivity index (χ1) is 7.09. The van der Waals surface area contributed by atoms with Crippen LogP contribution in [0.2, 0.25) is 0 Å². The zero-order chi connectivity index (χ0) is 10.9. The van der Waals surface area contributed by atoms with Crippen molar-refractivity contribution in [2.45, 2.75) is 26.3 Å². The van der Waals surface area contributed by atoms with E-state index in [9.17, 15) is 4.39 Å². The fourth-order valence-electron chi connectivity index (χ4n) is 1.55. The van der Waals surface area contributed by atoms with E-state index in [4.69, 9.17) is 0 Å². The molecule has 0 atom stereocenters. The second kappa shape index (κ2) is 4.22. The number of hydrogen-bond acceptors (Lipinski definition) is 1. The third kappa shape index (κ3) is 3.02. The molecule has 0 heterocycles. The topological polar surface area (TPSA) is 12.0 Å². The van der Waals surface area contributed by atoms with Crippen molar-refractivity contribution in [1.82, 2.24) is 5.32 Å². The molecule has 1 aromatic carbocycles. The van der Waals surface area contributed by atoms with Crippen molar-refractivity contribution in [3.05, 3.63) is 34.1 Å². The third-order valence-corrected chi connectivity index (χ3v) is 3.58. The van der Waals surface area contributed by atoms with Gasteiger partial charge in [0.1, 0.15) is 5.82 Å². The molecule has 0 radical (unpaired) electrons. The molecule has 1 aromatic rings. The molecule has 1 fully saturated rings. The van der Waals surface area contributed by atoms with Crippen LogP contribution < -0.4 is 5.32 Å². The first-order valence-corrected chi connectivity index (χ1v) is 6.03. The predicted molar refractivity (Wildman–Crippen MR) is 63.1 cm³/mol. The first-order valence-electron chi connectivity index (χ1n) is 5.24. The van der Waals surface area contributed by atoms with Crippen LogP contribution in [0, 0.1) is 11.2 Å². The van der Waals surface area contributed by atoms with Crippen molar-refractivity contribution in [3.63, 3.8) is 0 Å². The molecule has 3 heteroatoms. The summed E-state index contributed by atoms with van der Waals surface area (Å²) >= 11 is 3.19. The lowest BCUT2D eigenvalue weighted by Gasteiger charge is -2.10. The molecule has 0 unspecified atom stereocenters. The van der Waals surface area contributed by atoms with Crippen LogP contribution in [0.1, 0.15) is 25.3 Å². The number of halogens is 2. The van der Waals surface area contributed by atoms with Crippen LogP contribution in [0.5, 0.6) is 0 Å². The van der Waals surface area contributed by atoms with E-state index in [-0.39, 0.29) is 5.82 Å². The van der Waals surface area contributed by atoms with Crippen LogP contribution >= 0.6 is 15.9 Å². The Balaban J connectivity index is 1.85. The van der Waals surface area contributed by atoms with Gasteiger partial charge in [0.2, 0.25) is 0 Å². The van der Waals surface area contributed by atoms with Crippen LogP contribution in [0.3, 0.4) is 0 Å². The molecular weight excluding hydrogens is 257 g/mol. The van der Waals surface area contributed by atoms with Gasteiger partial charge in [0.15, 0.2) is 0 Å². The SMILES string of the molecule is CC1(CNCc2ccc(F)c(Br)c2)CC1. The predicted octanol–water partition coefficient (Wildman–Crippen LogP) is 3.48. The average molecular weight is 272 g/mol. The van der Waals surface area contributed by atoms with Gasteiger partial charge in [-0.1, -0.05) is 13.0 Å². The lowest BCUT2D eigenvalue weighted by molar-refractivity contribution is 0.499. The molecule has 0 aromatic heterocycles. The monoisotopic (exact) mass is 271 g/mol. The van der Waals surface area contributed by atoms with Gasteiger partial charge in [-0.05, 0) is 51.9 Å². The van der Waals surface area contributed by atoms with Crippen LogP contribution in [0.25, 0.3) is 0 Å². The van der Waals surface area contributed by atoms with E-state index in [0.717, 1.165) is 18.7 Å². The normalized spacial score (nSPS) is 17.8. The molecule has 0 saturated heterocycles. The largest absolute Gasteiger partial charge is 0.312 e. The fourth-order valence-corrected chi connectivity index (χ4v) is 1.97. The van der Waals surface area contributed by atoms with E-state index in [2.05, 4.69) is 28.2 Å². The van der Waals surface area contributed by atoms with Gasteiger partial charge in [-0.3, -0.25) is 0 Å². The Bertz CT molecular complexity index is 361. The van der Waals surface area contributed by atoms with E-state index in [1.54, 1.807) is 0 Å². The summed E-state index contributed by atoms with van der Waals surface area (Å²) in [6.45, 7) is 4.16. The molecule has 0 amide bonds. The highest BCUT2D eigenvalue weighted by Gasteiger charge is 2.36. The second-order valence-corrected chi connectivity index (χ2v) is 5.52. The quantitative estimate of drug-likeness (QED) is 0.884. The minimum absolute atomic E-state index is 0.201. The Kier molecular flexibility index (Phi) is 3.12. The van der Waals surface area contributed by atoms with Gasteiger partial charge in [-0.25, -0.2) is 4.39 Å². The van der Waals surface area contributed by atoms with Crippen molar-refractivity contribution >= 4 is 15.9 Å². The van der Waals surface area contributed by atoms with Gasteiger partial charge < -0.3 is 5.32 Å². The summed E-state index contributed by atoms with van der Waals surface area (Å²) in [5.74, 6) is -0.201. The maximum atomic E-state index is 13.0. The zero-order valence-electron chi connectivity index (χ0n) is 8.82. The number of rotatable bonds is 4. The second-order valence-electron chi connectivity index (χ2n) is 4.66. The Morgan fingerprint density at radius 3 is 2.80 bits per heavy atom. The van der Waals surface area contributed by atoms with Crippen molar-refractivity contribution in [1.29, 1.82) is 0 Å². The molecule has 1 nitrogen and oxygen atoms in total. The van der Waals surface area contributed by atoms with Crippen molar-refractivity contribution in [3.8, 4) is 0 Å². The van der Waals surface area contributed by atoms with Gasteiger partial charge >= 0.3 is 0 Å². The van der Waals surface area contributed by atoms with E-state index in [1.807, 2.05) is 12.1 Å². The summed E-state index contributed by atoms with van der Waals surface area (Å²) in [5.41, 5.74) is 1.64. The van der Waals surface area contributed by atoms with Crippen molar-refractivity contribution < 1.29 is 4.39 Å². The van der Waals surface area contributed by atoms with E-state index >= 15 is 0 Å². The Hall–Kier alpha value is -0.410. The van der Waals surface area contributed by atoms with E-state index in [0.29, 0.717) is 9.89 Å². The number of nitrogens with one attached hydrogen (secondary N) is 1. The molecule has 1 aliphatic rings. The van der Waals surface area contributed by atoms with E-state index in [1.165, 1.54) is 18.9 Å². The lowest BCUT2D eigenvalue weighted by Crippen LogP contribution is -2.21. The minimum atomic E-state index is -0.201. The first kappa shape index (κ1) is 11.1. The average Bonchev–Trinajstić information content (AvgIpc) is 2.90. The van der Waals surface area contributed by atoms with Crippen LogP contribution in [-0.4, -0.2) is 6.54 Å². The summed E-state index contributed by atoms with van der Waals surface area (Å²) in [6, 6.07) is 5.15. The molecule has 0 bridgehead atoms. The third-order valence-electron chi connectivity index (χ3n) is 2.97. The summed E-state index contributed by atoms with van der Waals surface area (Å²) < 4.78 is 13.5. The lowest BCUT2D eigenvalue weighted by atomic mass is 10.1. The zero-order valence-corrected chi connectivity index (χ0v) is 10.4. The maximum absolute atomic E-state index is 13.0. The molecular formula is C12H15BrFN. The molecule has 82 valence electrons. The summed E-state index contributed by atoms with van der Waals surface area (Å²) in [4.78, 5) is 0. The Morgan fingerprint density at radius 1 is 1.47 bits per heavy atom. The highest BCUT2D eigenvalue weighted by Crippen LogP contribution is 2.44. The standard InChI is InChI=1S/C12H15BrFN/c1-12(4-5-12)8-15-7-9-2-3-11(14)10(13)6-9/h2-3,6,15H,4-5,7-8H2,1H3. The smallest absolute Gasteiger partial charge is 0.137 e. The van der Waals surface area contributed by atoms with Crippen LogP contribution in [-0.2, 0) is 6.54 Å². The van der Waals surface area contributed by atoms with Gasteiger partial charge in [-0.2, -0.15) is 0 Å². The van der Waals surface area contributed by atoms with Gasteiger partial charge in [-0.15, -0.1) is 0 Å². The molecule has 1 saturated carbocycles. The maximum Gasteiger partial charge on any atom is 0.137 e. The number of hydrogen-bond donors (Lipinski definition) is 1. The molecule has 0 spiro atoms. The molecule has 1 aliphatic carbocycles. The highest BCUT2D eigenvalue weighted by atomic mass is 79.9. The van der Waals surface area contributed by atoms with E-state index < -0.39 is 0 Å². The van der Waals surface area contributed by atoms with Gasteiger partial charge in [0.05, 0.1) is 4.47 Å². The van der Waals surface area contributed by atoms with Crippen LogP contribution in [0.15, 0.2) is 22.7 Å². The van der Waals surface area contributed by atoms with Crippen LogP contribution in [0.4, 0.5) is 4.39 Å². The highest BCUT2D eigenvalue weighted by molar-refractivity contribution is 9.10. The van der Waals surface area contributed by atoms with Gasteiger partial charge in [0.25, 0.3) is 0 Å². The van der Waals surface area contributed by atoms with Crippen molar-refractivity contribution in [2.24, 2.45) is 5.41 Å². The fraction of sp³-hybridized carbons (Fsp3) is 0.500. The summed E-state index contributed by atoms with van der Waals surface area (Å²) in [6.07, 6.45) is 2.65. The van der Waals surface area contributed by atoms with Crippen molar-refractivity contribution in [2.75, 3.05) is 6.54 Å². The number of benzene rings is 1. The molecule has 15 heavy (non-hydrogen) atoms. The molecule has 1 N–H and O–H groups in total. The molecule has 0 aliphatic heterocycles. The summed E-state index contributed by atoms with van der Waals surface area (Å²) in [5, 5.41) is 3.41. The Labute approximate surface area is 98.2 Å². The Morgan fingerprint density at radius 2 is 2.20 bits per heavy atom. The molecule has 2 rings (SSSR count). The summed E-state index contributed by atoms with van der Waals surface area (Å²) in [7, 11) is 0. The van der Waals surface area contributed by atoms with Gasteiger partial charge in [0, 0.05) is 13.1 Å².